The molecule has 1 aromatic carbocycles. The van der Waals surface area contributed by atoms with Crippen LogP contribution in [0.4, 0.5) is 11.5 Å². The molecule has 0 saturated heterocycles. The Morgan fingerprint density at radius 1 is 1.19 bits per heavy atom. The third kappa shape index (κ3) is 2.43. The topological polar surface area (TPSA) is 37.8 Å². The van der Waals surface area contributed by atoms with Crippen LogP contribution in [0, 0.1) is 6.92 Å². The molecule has 0 radical (unpaired) electrons. The Morgan fingerprint density at radius 2 is 2.00 bits per heavy atom. The molecule has 0 saturated carbocycles. The van der Waals surface area contributed by atoms with Crippen molar-refractivity contribution in [2.24, 2.45) is 0 Å². The van der Waals surface area contributed by atoms with E-state index in [2.05, 4.69) is 15.3 Å². The van der Waals surface area contributed by atoms with Gasteiger partial charge in [0.25, 0.3) is 0 Å². The van der Waals surface area contributed by atoms with Crippen molar-refractivity contribution in [3.05, 3.63) is 46.3 Å². The first-order valence-electron chi connectivity index (χ1n) is 4.67. The number of hydrogen-bond donors (Lipinski definition) is 1. The van der Waals surface area contributed by atoms with E-state index in [0.29, 0.717) is 10.8 Å². The third-order valence-electron chi connectivity index (χ3n) is 2.10. The van der Waals surface area contributed by atoms with E-state index >= 15 is 0 Å². The zero-order chi connectivity index (χ0) is 11.5. The number of halogens is 2. The minimum absolute atomic E-state index is 0.203. The van der Waals surface area contributed by atoms with Gasteiger partial charge in [-0.2, -0.15) is 0 Å². The zero-order valence-electron chi connectivity index (χ0n) is 8.54. The van der Waals surface area contributed by atoms with E-state index in [1.165, 1.54) is 0 Å². The van der Waals surface area contributed by atoms with Crippen LogP contribution in [0.3, 0.4) is 0 Å². The largest absolute Gasteiger partial charge is 0.339 e. The van der Waals surface area contributed by atoms with Crippen LogP contribution in [0.25, 0.3) is 0 Å². The molecule has 1 N–H and O–H groups in total. The van der Waals surface area contributed by atoms with Crippen molar-refractivity contribution in [3.63, 3.8) is 0 Å². The fraction of sp³-hybridized carbons (Fsp3) is 0.0909. The highest BCUT2D eigenvalue weighted by molar-refractivity contribution is 6.33. The minimum Gasteiger partial charge on any atom is -0.339 e. The lowest BCUT2D eigenvalue weighted by atomic mass is 10.2. The van der Waals surface area contributed by atoms with Gasteiger partial charge in [-0.05, 0) is 36.2 Å². The predicted molar refractivity (Wildman–Crippen MR) is 66.5 cm³/mol. The number of nitrogens with zero attached hydrogens (tertiary/aromatic N) is 2. The summed E-state index contributed by atoms with van der Waals surface area (Å²) in [5.74, 6) is 0.621. The molecule has 0 unspecified atom stereocenters. The van der Waals surface area contributed by atoms with Crippen LogP contribution in [0.1, 0.15) is 5.56 Å². The van der Waals surface area contributed by atoms with Crippen LogP contribution < -0.4 is 5.32 Å². The second kappa shape index (κ2) is 4.68. The number of hydrogen-bond acceptors (Lipinski definition) is 3. The summed E-state index contributed by atoms with van der Waals surface area (Å²) < 4.78 is 0. The first-order chi connectivity index (χ1) is 7.66. The van der Waals surface area contributed by atoms with Gasteiger partial charge in [0, 0.05) is 6.20 Å². The number of benzene rings is 1. The molecule has 0 aliphatic carbocycles. The zero-order valence-corrected chi connectivity index (χ0v) is 10.0. The molecule has 16 heavy (non-hydrogen) atoms. The Hall–Kier alpha value is -1.32. The lowest BCUT2D eigenvalue weighted by Crippen LogP contribution is -1.97. The van der Waals surface area contributed by atoms with Crippen molar-refractivity contribution in [1.29, 1.82) is 0 Å². The quantitative estimate of drug-likeness (QED) is 0.827. The standard InChI is InChI=1S/C11H9Cl2N3/c1-7-3-2-4-8(12)10(7)15-9-5-6-14-11(13)16-9/h2-6H,1H3,(H,14,15,16). The highest BCUT2D eigenvalue weighted by atomic mass is 35.5. The summed E-state index contributed by atoms with van der Waals surface area (Å²) in [5, 5.41) is 3.97. The van der Waals surface area contributed by atoms with E-state index in [0.717, 1.165) is 11.3 Å². The van der Waals surface area contributed by atoms with E-state index < -0.39 is 0 Å². The minimum atomic E-state index is 0.203. The molecule has 1 heterocycles. The van der Waals surface area contributed by atoms with Crippen molar-refractivity contribution in [2.75, 3.05) is 5.32 Å². The fourth-order valence-corrected chi connectivity index (χ4v) is 1.74. The first-order valence-corrected chi connectivity index (χ1v) is 5.43. The van der Waals surface area contributed by atoms with Gasteiger partial charge in [0.05, 0.1) is 10.7 Å². The van der Waals surface area contributed by atoms with Crippen LogP contribution in [0.15, 0.2) is 30.5 Å². The molecule has 0 fully saturated rings. The van der Waals surface area contributed by atoms with Crippen molar-refractivity contribution < 1.29 is 0 Å². The summed E-state index contributed by atoms with van der Waals surface area (Å²) in [6, 6.07) is 7.42. The maximum Gasteiger partial charge on any atom is 0.224 e. The molecule has 5 heteroatoms. The molecule has 2 rings (SSSR count). The Bertz CT molecular complexity index is 494. The smallest absolute Gasteiger partial charge is 0.224 e. The van der Waals surface area contributed by atoms with Gasteiger partial charge in [-0.3, -0.25) is 0 Å². The lowest BCUT2D eigenvalue weighted by molar-refractivity contribution is 1.17. The second-order valence-electron chi connectivity index (χ2n) is 3.27. The van der Waals surface area contributed by atoms with Gasteiger partial charge < -0.3 is 5.32 Å². The Kier molecular flexibility index (Phi) is 3.27. The third-order valence-corrected chi connectivity index (χ3v) is 2.60. The van der Waals surface area contributed by atoms with E-state index in [1.54, 1.807) is 12.3 Å². The summed E-state index contributed by atoms with van der Waals surface area (Å²) in [6.07, 6.45) is 1.59. The summed E-state index contributed by atoms with van der Waals surface area (Å²) in [4.78, 5) is 7.84. The summed E-state index contributed by atoms with van der Waals surface area (Å²) >= 11 is 11.8. The molecule has 1 aromatic heterocycles. The molecular weight excluding hydrogens is 245 g/mol. The first kappa shape index (κ1) is 11.2. The molecule has 0 aliphatic heterocycles. The number of rotatable bonds is 2. The van der Waals surface area contributed by atoms with E-state index in [9.17, 15) is 0 Å². The molecular formula is C11H9Cl2N3. The number of aromatic nitrogens is 2. The monoisotopic (exact) mass is 253 g/mol. The van der Waals surface area contributed by atoms with Crippen LogP contribution >= 0.6 is 23.2 Å². The normalized spacial score (nSPS) is 10.2. The predicted octanol–water partition coefficient (Wildman–Crippen LogP) is 3.84. The molecule has 0 bridgehead atoms. The molecule has 0 aliphatic rings. The Morgan fingerprint density at radius 3 is 2.69 bits per heavy atom. The number of para-hydroxylation sites is 1. The van der Waals surface area contributed by atoms with Crippen LogP contribution in [-0.2, 0) is 0 Å². The molecule has 2 aromatic rings. The molecule has 0 amide bonds. The van der Waals surface area contributed by atoms with Crippen molar-refractivity contribution in [3.8, 4) is 0 Å². The van der Waals surface area contributed by atoms with Gasteiger partial charge in [0.1, 0.15) is 5.82 Å². The number of anilines is 2. The van der Waals surface area contributed by atoms with Crippen molar-refractivity contribution in [1.82, 2.24) is 9.97 Å². The Labute approximate surface area is 103 Å². The Balaban J connectivity index is 2.34. The average molecular weight is 254 g/mol. The summed E-state index contributed by atoms with van der Waals surface area (Å²) in [5.41, 5.74) is 1.88. The van der Waals surface area contributed by atoms with Crippen LogP contribution in [0.2, 0.25) is 10.3 Å². The van der Waals surface area contributed by atoms with Gasteiger partial charge in [0.15, 0.2) is 0 Å². The SMILES string of the molecule is Cc1cccc(Cl)c1Nc1ccnc(Cl)n1. The molecule has 3 nitrogen and oxygen atoms in total. The summed E-state index contributed by atoms with van der Waals surface area (Å²) in [7, 11) is 0. The summed E-state index contributed by atoms with van der Waals surface area (Å²) in [6.45, 7) is 1.97. The highest BCUT2D eigenvalue weighted by Gasteiger charge is 2.04. The second-order valence-corrected chi connectivity index (χ2v) is 4.01. The number of aryl methyl sites for hydroxylation is 1. The maximum absolute atomic E-state index is 6.08. The van der Waals surface area contributed by atoms with Gasteiger partial charge in [-0.15, -0.1) is 0 Å². The molecule has 0 spiro atoms. The maximum atomic E-state index is 6.08. The average Bonchev–Trinajstić information content (AvgIpc) is 2.24. The fourth-order valence-electron chi connectivity index (χ4n) is 1.32. The van der Waals surface area contributed by atoms with Gasteiger partial charge in [0.2, 0.25) is 5.28 Å². The van der Waals surface area contributed by atoms with E-state index in [-0.39, 0.29) is 5.28 Å². The molecule has 0 atom stereocenters. The van der Waals surface area contributed by atoms with Gasteiger partial charge in [-0.25, -0.2) is 9.97 Å². The van der Waals surface area contributed by atoms with E-state index in [4.69, 9.17) is 23.2 Å². The van der Waals surface area contributed by atoms with Crippen LogP contribution in [0.5, 0.6) is 0 Å². The van der Waals surface area contributed by atoms with E-state index in [1.807, 2.05) is 25.1 Å². The van der Waals surface area contributed by atoms with Crippen LogP contribution in [-0.4, -0.2) is 9.97 Å². The van der Waals surface area contributed by atoms with Gasteiger partial charge in [-0.1, -0.05) is 23.7 Å². The van der Waals surface area contributed by atoms with Gasteiger partial charge >= 0.3 is 0 Å². The number of nitrogens with one attached hydrogen (secondary N) is 1. The van der Waals surface area contributed by atoms with Crippen molar-refractivity contribution in [2.45, 2.75) is 6.92 Å². The lowest BCUT2D eigenvalue weighted by Gasteiger charge is -2.10. The highest BCUT2D eigenvalue weighted by Crippen LogP contribution is 2.27. The van der Waals surface area contributed by atoms with Crippen molar-refractivity contribution >= 4 is 34.7 Å². The molecule has 82 valence electrons.